The summed E-state index contributed by atoms with van der Waals surface area (Å²) in [5, 5.41) is 48.3. The lowest BCUT2D eigenvalue weighted by Gasteiger charge is -2.47. The molecule has 12 heteroatoms. The number of cyclic esters (lactones) is 1. The van der Waals surface area contributed by atoms with Crippen molar-refractivity contribution in [2.45, 2.75) is 147 Å². The average Bonchev–Trinajstić information content (AvgIpc) is 3.13. The summed E-state index contributed by atoms with van der Waals surface area (Å²) in [4.78, 5) is 22.6. The van der Waals surface area contributed by atoms with Gasteiger partial charge in [-0.1, -0.05) is 51.1 Å². The highest BCUT2D eigenvalue weighted by atomic mass is 16.7. The number of para-hydroxylation sites is 1. The molecular formula is C43H69N3O9. The van der Waals surface area contributed by atoms with Gasteiger partial charge in [0.25, 0.3) is 0 Å². The molecular weight excluding hydrogens is 702 g/mol. The predicted octanol–water partition coefficient (Wildman–Crippen LogP) is 4.35. The third-order valence-electron chi connectivity index (χ3n) is 12.0. The van der Waals surface area contributed by atoms with Crippen molar-refractivity contribution in [2.75, 3.05) is 34.3 Å². The largest absolute Gasteiger partial charge is 0.459 e. The van der Waals surface area contributed by atoms with Crippen molar-refractivity contribution in [1.82, 2.24) is 14.8 Å². The van der Waals surface area contributed by atoms with E-state index in [1.165, 1.54) is 6.92 Å². The molecule has 3 heterocycles. The Hall–Kier alpha value is -2.52. The number of aliphatic hydroxyl groups is 4. The Morgan fingerprint density at radius 2 is 1.76 bits per heavy atom. The first-order chi connectivity index (χ1) is 25.8. The van der Waals surface area contributed by atoms with Crippen molar-refractivity contribution < 1.29 is 44.2 Å². The van der Waals surface area contributed by atoms with Crippen molar-refractivity contribution in [3.63, 3.8) is 0 Å². The smallest absolute Gasteiger partial charge is 0.311 e. The summed E-state index contributed by atoms with van der Waals surface area (Å²) in [6.07, 6.45) is 1.22. The fourth-order valence-electron chi connectivity index (χ4n) is 8.70. The number of likely N-dealkylation sites (N-methyl/N-ethyl adjacent to an activating group) is 2. The van der Waals surface area contributed by atoms with Crippen LogP contribution in [0.4, 0.5) is 0 Å². The lowest BCUT2D eigenvalue weighted by atomic mass is 9.77. The second-order valence-electron chi connectivity index (χ2n) is 17.1. The number of nitrogens with zero attached hydrogens (tertiary/aromatic N) is 3. The van der Waals surface area contributed by atoms with Gasteiger partial charge in [-0.25, -0.2) is 0 Å². The number of carbonyl (C=O) groups excluding carboxylic acids is 1. The SMILES string of the molecule is CC[C@H]1OC(=O)[C@H](C)[C@@H](OC/C=C/Cc2cnc3ccccc3c2)[C@H](C)[C@@H](O[C@@H]2O[C@H](C)C[C@H](N(C)C)[C@H]2O)[C@](C)(O)C[C@@H](C)CN(C)[C@H](C)[C@@H](O)[C@]1(C)O. The minimum Gasteiger partial charge on any atom is -0.459 e. The summed E-state index contributed by atoms with van der Waals surface area (Å²) in [6, 6.07) is 9.32. The number of pyridine rings is 1. The summed E-state index contributed by atoms with van der Waals surface area (Å²) in [5.41, 5.74) is -1.26. The Bertz CT molecular complexity index is 1550. The number of hydrogen-bond acceptors (Lipinski definition) is 12. The maximum Gasteiger partial charge on any atom is 0.311 e. The van der Waals surface area contributed by atoms with E-state index in [9.17, 15) is 25.2 Å². The number of fused-ring (bicyclic) bond motifs is 1. The van der Waals surface area contributed by atoms with Crippen LogP contribution in [0.2, 0.25) is 0 Å². The number of hydrogen-bond donors (Lipinski definition) is 4. The van der Waals surface area contributed by atoms with E-state index in [0.29, 0.717) is 19.4 Å². The molecule has 12 nitrogen and oxygen atoms in total. The van der Waals surface area contributed by atoms with Crippen LogP contribution in [0.3, 0.4) is 0 Å². The highest BCUT2D eigenvalue weighted by Crippen LogP contribution is 2.37. The highest BCUT2D eigenvalue weighted by molar-refractivity contribution is 5.78. The van der Waals surface area contributed by atoms with Gasteiger partial charge in [0.2, 0.25) is 0 Å². The van der Waals surface area contributed by atoms with Crippen LogP contribution in [0.15, 0.2) is 48.7 Å². The molecule has 0 amide bonds. The Kier molecular flexibility index (Phi) is 15.8. The molecule has 2 saturated heterocycles. The molecule has 2 aliphatic heterocycles. The van der Waals surface area contributed by atoms with Crippen LogP contribution in [-0.4, -0.2) is 142 Å². The van der Waals surface area contributed by atoms with Crippen molar-refractivity contribution in [1.29, 1.82) is 0 Å². The molecule has 0 bridgehead atoms. The lowest BCUT2D eigenvalue weighted by molar-refractivity contribution is -0.300. The van der Waals surface area contributed by atoms with Crippen LogP contribution in [0.1, 0.15) is 80.2 Å². The molecule has 2 aromatic rings. The molecule has 1 aromatic heterocycles. The van der Waals surface area contributed by atoms with Gasteiger partial charge in [-0.05, 0) is 105 Å². The first kappa shape index (κ1) is 45.2. The molecule has 14 atom stereocenters. The molecule has 0 radical (unpaired) electrons. The minimum atomic E-state index is -1.76. The summed E-state index contributed by atoms with van der Waals surface area (Å²) < 4.78 is 25.6. The van der Waals surface area contributed by atoms with Gasteiger partial charge in [0.1, 0.15) is 23.9 Å². The fraction of sp³-hybridized carbons (Fsp3) is 0.721. The molecule has 2 fully saturated rings. The number of allylic oxidation sites excluding steroid dienone is 1. The first-order valence-corrected chi connectivity index (χ1v) is 20.1. The number of benzene rings is 1. The third-order valence-corrected chi connectivity index (χ3v) is 12.0. The summed E-state index contributed by atoms with van der Waals surface area (Å²) in [6.45, 7) is 15.0. The summed E-state index contributed by atoms with van der Waals surface area (Å²) >= 11 is 0. The monoisotopic (exact) mass is 772 g/mol. The van der Waals surface area contributed by atoms with Crippen LogP contribution < -0.4 is 0 Å². The van der Waals surface area contributed by atoms with E-state index in [0.717, 1.165) is 16.5 Å². The van der Waals surface area contributed by atoms with E-state index in [-0.39, 0.29) is 37.5 Å². The fourth-order valence-corrected chi connectivity index (χ4v) is 8.70. The van der Waals surface area contributed by atoms with Gasteiger partial charge in [-0.3, -0.25) is 9.78 Å². The van der Waals surface area contributed by atoms with Gasteiger partial charge in [0.05, 0.1) is 42.0 Å². The quantitative estimate of drug-likeness (QED) is 0.212. The predicted molar refractivity (Wildman–Crippen MR) is 213 cm³/mol. The molecule has 1 aromatic carbocycles. The number of rotatable bonds is 9. The molecule has 310 valence electrons. The molecule has 0 spiro atoms. The van der Waals surface area contributed by atoms with Gasteiger partial charge < -0.3 is 49.2 Å². The molecule has 4 rings (SSSR count). The number of aliphatic hydroxyl groups excluding tert-OH is 2. The Morgan fingerprint density at radius 1 is 1.07 bits per heavy atom. The van der Waals surface area contributed by atoms with Crippen molar-refractivity contribution in [3.8, 4) is 0 Å². The minimum absolute atomic E-state index is 0.0992. The van der Waals surface area contributed by atoms with Crippen molar-refractivity contribution in [2.24, 2.45) is 17.8 Å². The second kappa shape index (κ2) is 19.3. The van der Waals surface area contributed by atoms with Crippen LogP contribution in [-0.2, 0) is 30.2 Å². The van der Waals surface area contributed by atoms with Gasteiger partial charge >= 0.3 is 5.97 Å². The summed E-state index contributed by atoms with van der Waals surface area (Å²) in [5.74, 6) is -2.22. The first-order valence-electron chi connectivity index (χ1n) is 20.1. The normalized spacial score (nSPS) is 39.2. The average molecular weight is 772 g/mol. The van der Waals surface area contributed by atoms with E-state index in [2.05, 4.69) is 11.1 Å². The summed E-state index contributed by atoms with van der Waals surface area (Å²) in [7, 11) is 5.68. The van der Waals surface area contributed by atoms with Gasteiger partial charge in [-0.15, -0.1) is 0 Å². The van der Waals surface area contributed by atoms with Crippen molar-refractivity contribution in [3.05, 3.63) is 54.2 Å². The van der Waals surface area contributed by atoms with Crippen LogP contribution in [0.25, 0.3) is 10.9 Å². The van der Waals surface area contributed by atoms with Gasteiger partial charge in [0.15, 0.2) is 6.29 Å². The molecule has 4 N–H and O–H groups in total. The van der Waals surface area contributed by atoms with E-state index in [4.69, 9.17) is 18.9 Å². The Labute approximate surface area is 328 Å². The number of carbonyl (C=O) groups is 1. The standard InChI is InChI=1S/C43H69N3O9/c1-12-35-43(8,51)38(48)30(6)46(11)25-26(2)23-42(7,50)39(55-41-36(47)34(45(9)10)21-27(3)53-41)28(4)37(29(5)40(49)54-35)52-20-16-15-17-31-22-32-18-13-14-19-33(32)44-24-31/h13-16,18-19,22,24,26-30,34-39,41,47-48,50-51H,12,17,20-21,23,25H2,1-11H3/b16-15+/t26-,27-,28+,29-,30-,34+,35-,36-,37+,38-,39-,41+,42-,43-/m1/s1. The van der Waals surface area contributed by atoms with Gasteiger partial charge in [-0.2, -0.15) is 0 Å². The highest BCUT2D eigenvalue weighted by Gasteiger charge is 2.50. The molecule has 2 aliphatic rings. The molecule has 0 saturated carbocycles. The van der Waals surface area contributed by atoms with Crippen LogP contribution >= 0.6 is 0 Å². The lowest BCUT2D eigenvalue weighted by Crippen LogP contribution is -2.59. The molecule has 0 unspecified atom stereocenters. The van der Waals surface area contributed by atoms with E-state index >= 15 is 0 Å². The van der Waals surface area contributed by atoms with E-state index in [1.807, 2.05) is 101 Å². The zero-order chi connectivity index (χ0) is 40.8. The van der Waals surface area contributed by atoms with Crippen molar-refractivity contribution >= 4 is 16.9 Å². The zero-order valence-corrected chi connectivity index (χ0v) is 35.0. The third kappa shape index (κ3) is 11.1. The van der Waals surface area contributed by atoms with Gasteiger partial charge in [0, 0.05) is 36.1 Å². The topological polar surface area (TPSA) is 154 Å². The van der Waals surface area contributed by atoms with E-state index in [1.54, 1.807) is 20.8 Å². The maximum atomic E-state index is 14.1. The van der Waals surface area contributed by atoms with Crippen LogP contribution in [0.5, 0.6) is 0 Å². The van der Waals surface area contributed by atoms with Crippen LogP contribution in [0, 0.1) is 17.8 Å². The Balaban J connectivity index is 1.70. The molecule has 55 heavy (non-hydrogen) atoms. The zero-order valence-electron chi connectivity index (χ0n) is 35.0. The maximum absolute atomic E-state index is 14.1. The second-order valence-corrected chi connectivity index (χ2v) is 17.1. The number of aromatic nitrogens is 1. The number of ether oxygens (including phenoxy) is 4. The molecule has 0 aliphatic carbocycles. The Morgan fingerprint density at radius 3 is 2.44 bits per heavy atom. The van der Waals surface area contributed by atoms with E-state index < -0.39 is 71.9 Å². The number of esters is 1.